The lowest BCUT2D eigenvalue weighted by molar-refractivity contribution is 0.000647. The second-order valence-corrected chi connectivity index (χ2v) is 12.2. The van der Waals surface area contributed by atoms with Crippen molar-refractivity contribution in [3.05, 3.63) is 82.3 Å². The van der Waals surface area contributed by atoms with Crippen LogP contribution in [0.1, 0.15) is 53.6 Å². The minimum atomic E-state index is -0.397. The lowest BCUT2D eigenvalue weighted by Gasteiger charge is -2.34. The van der Waals surface area contributed by atoms with Crippen LogP contribution in [0.5, 0.6) is 5.75 Å². The number of aromatic amines is 1. The van der Waals surface area contributed by atoms with E-state index in [0.717, 1.165) is 68.3 Å². The number of hydrogen-bond acceptors (Lipinski definition) is 6. The zero-order valence-electron chi connectivity index (χ0n) is 26.1. The van der Waals surface area contributed by atoms with Gasteiger partial charge in [0.2, 0.25) is 0 Å². The fourth-order valence-electron chi connectivity index (χ4n) is 6.44. The highest BCUT2D eigenvalue weighted by Crippen LogP contribution is 2.41. The highest BCUT2D eigenvalue weighted by molar-refractivity contribution is 6.35. The molecule has 0 bridgehead atoms. The molecule has 1 aliphatic rings. The molecule has 2 N–H and O–H groups in total. The fourth-order valence-corrected chi connectivity index (χ4v) is 6.69. The molecule has 5 aromatic rings. The third kappa shape index (κ3) is 6.19. The first-order valence-corrected chi connectivity index (χ1v) is 16.1. The maximum atomic E-state index is 13.2. The molecule has 0 aliphatic heterocycles. The molecular formula is C36H40ClN3O5. The van der Waals surface area contributed by atoms with Gasteiger partial charge in [0.1, 0.15) is 11.4 Å². The summed E-state index contributed by atoms with van der Waals surface area (Å²) in [7, 11) is 1.91. The second kappa shape index (κ2) is 13.6. The van der Waals surface area contributed by atoms with Crippen molar-refractivity contribution >= 4 is 39.2 Å². The van der Waals surface area contributed by atoms with Crippen LogP contribution in [0.25, 0.3) is 32.8 Å². The van der Waals surface area contributed by atoms with Gasteiger partial charge in [-0.05, 0) is 74.4 Å². The van der Waals surface area contributed by atoms with Gasteiger partial charge in [-0.25, -0.2) is 4.79 Å². The molecule has 0 saturated heterocycles. The number of esters is 1. The number of halogens is 1. The van der Waals surface area contributed by atoms with Crippen LogP contribution >= 0.6 is 11.6 Å². The molecular weight excluding hydrogens is 590 g/mol. The fraction of sp³-hybridized carbons (Fsp3) is 0.389. The minimum Gasteiger partial charge on any atom is -0.493 e. The van der Waals surface area contributed by atoms with E-state index in [1.807, 2.05) is 55.1 Å². The Morgan fingerprint density at radius 3 is 2.64 bits per heavy atom. The number of aryl methyl sites for hydroxylation is 2. The third-order valence-electron chi connectivity index (χ3n) is 9.13. The Bertz CT molecular complexity index is 1820. The van der Waals surface area contributed by atoms with Gasteiger partial charge >= 0.3 is 5.97 Å². The summed E-state index contributed by atoms with van der Waals surface area (Å²) in [6, 6.07) is 18.1. The smallest absolute Gasteiger partial charge is 0.355 e. The second-order valence-electron chi connectivity index (χ2n) is 11.8. The summed E-state index contributed by atoms with van der Waals surface area (Å²) >= 11 is 6.93. The van der Waals surface area contributed by atoms with E-state index < -0.39 is 5.97 Å². The van der Waals surface area contributed by atoms with E-state index in [2.05, 4.69) is 23.2 Å². The van der Waals surface area contributed by atoms with E-state index in [0.29, 0.717) is 55.2 Å². The Hall–Kier alpha value is -3.85. The van der Waals surface area contributed by atoms with Crippen molar-refractivity contribution in [2.45, 2.75) is 46.1 Å². The highest BCUT2D eigenvalue weighted by Gasteiger charge is 2.31. The van der Waals surface area contributed by atoms with Gasteiger partial charge in [0.25, 0.3) is 0 Å². The SMILES string of the molecule is CCOC(=O)c1[nH]c2c(-c3c(COCC4CCC4CO)nn(C)c3C)c(Cl)ccc2c1CCCOc1cccc2ccccc12. The lowest BCUT2D eigenvalue weighted by Crippen LogP contribution is -2.32. The first-order chi connectivity index (χ1) is 21.9. The van der Waals surface area contributed by atoms with Crippen LogP contribution in [0.3, 0.4) is 0 Å². The number of benzene rings is 3. The van der Waals surface area contributed by atoms with Crippen molar-refractivity contribution in [2.24, 2.45) is 18.9 Å². The quantitative estimate of drug-likeness (QED) is 0.104. The topological polar surface area (TPSA) is 98.6 Å². The molecule has 1 saturated carbocycles. The van der Waals surface area contributed by atoms with Crippen LogP contribution in [-0.2, 0) is 29.5 Å². The van der Waals surface area contributed by atoms with E-state index in [4.69, 9.17) is 30.9 Å². The molecule has 236 valence electrons. The number of nitrogens with zero attached hydrogens (tertiary/aromatic N) is 2. The summed E-state index contributed by atoms with van der Waals surface area (Å²) in [5, 5.41) is 18.0. The van der Waals surface area contributed by atoms with Crippen molar-refractivity contribution in [3.8, 4) is 16.9 Å². The van der Waals surface area contributed by atoms with Gasteiger partial charge in [0.15, 0.2) is 0 Å². The molecule has 2 heterocycles. The maximum Gasteiger partial charge on any atom is 0.355 e. The van der Waals surface area contributed by atoms with Crippen LogP contribution < -0.4 is 4.74 Å². The number of aromatic nitrogens is 3. The van der Waals surface area contributed by atoms with Gasteiger partial charge in [-0.3, -0.25) is 4.68 Å². The molecule has 8 nitrogen and oxygen atoms in total. The first kappa shape index (κ1) is 31.1. The van der Waals surface area contributed by atoms with E-state index in [9.17, 15) is 9.90 Å². The highest BCUT2D eigenvalue weighted by atomic mass is 35.5. The number of H-pyrrole nitrogens is 1. The summed E-state index contributed by atoms with van der Waals surface area (Å²) in [4.78, 5) is 16.6. The Morgan fingerprint density at radius 2 is 1.87 bits per heavy atom. The first-order valence-electron chi connectivity index (χ1n) is 15.7. The van der Waals surface area contributed by atoms with E-state index >= 15 is 0 Å². The third-order valence-corrected chi connectivity index (χ3v) is 9.44. The van der Waals surface area contributed by atoms with Crippen molar-refractivity contribution < 1.29 is 24.1 Å². The normalized spacial score (nSPS) is 16.3. The van der Waals surface area contributed by atoms with Crippen molar-refractivity contribution in [2.75, 3.05) is 26.4 Å². The molecule has 3 aromatic carbocycles. The molecule has 2 aromatic heterocycles. The zero-order valence-corrected chi connectivity index (χ0v) is 26.8. The maximum absolute atomic E-state index is 13.2. The zero-order chi connectivity index (χ0) is 31.5. The minimum absolute atomic E-state index is 0.201. The number of hydrogen-bond donors (Lipinski definition) is 2. The molecule has 45 heavy (non-hydrogen) atoms. The average Bonchev–Trinajstić information content (AvgIpc) is 3.53. The summed E-state index contributed by atoms with van der Waals surface area (Å²) in [5.74, 6) is 1.14. The van der Waals surface area contributed by atoms with Gasteiger partial charge in [-0.2, -0.15) is 5.10 Å². The van der Waals surface area contributed by atoms with Crippen molar-refractivity contribution in [1.82, 2.24) is 14.8 Å². The van der Waals surface area contributed by atoms with Crippen LogP contribution in [-0.4, -0.2) is 52.3 Å². The molecule has 2 unspecified atom stereocenters. The Labute approximate surface area is 268 Å². The number of rotatable bonds is 13. The van der Waals surface area contributed by atoms with Crippen LogP contribution in [0, 0.1) is 18.8 Å². The molecule has 0 amide bonds. The standard InChI is InChI=1S/C36H40ClN3O5/c1-4-44-36(42)35-27(12-8-18-45-31-13-7-10-23-9-5-6-11-26(23)31)28-16-17-29(37)33(34(28)38-35)32-22(2)40(3)39-30(32)21-43-20-25-15-14-24(25)19-41/h5-7,9-11,13,16-17,24-25,38,41H,4,8,12,14-15,18-21H2,1-3H3. The number of aliphatic hydroxyl groups is 1. The largest absolute Gasteiger partial charge is 0.493 e. The van der Waals surface area contributed by atoms with Crippen LogP contribution in [0.15, 0.2) is 54.6 Å². The van der Waals surface area contributed by atoms with E-state index in [1.54, 1.807) is 6.92 Å². The number of nitrogens with one attached hydrogen (secondary N) is 1. The Morgan fingerprint density at radius 1 is 1.07 bits per heavy atom. The molecule has 0 spiro atoms. The predicted molar refractivity (Wildman–Crippen MR) is 177 cm³/mol. The van der Waals surface area contributed by atoms with Gasteiger partial charge < -0.3 is 24.3 Å². The van der Waals surface area contributed by atoms with E-state index in [1.165, 1.54) is 0 Å². The van der Waals surface area contributed by atoms with Gasteiger partial charge in [0.05, 0.1) is 42.7 Å². The monoisotopic (exact) mass is 629 g/mol. The molecule has 0 radical (unpaired) electrons. The molecule has 1 aliphatic carbocycles. The summed E-state index contributed by atoms with van der Waals surface area (Å²) in [6.07, 6.45) is 3.42. The Balaban J connectivity index is 1.30. The average molecular weight is 630 g/mol. The number of carbonyl (C=O) groups excluding carboxylic acids is 1. The summed E-state index contributed by atoms with van der Waals surface area (Å²) in [5.41, 5.74) is 5.48. The van der Waals surface area contributed by atoms with Gasteiger partial charge in [-0.15, -0.1) is 0 Å². The summed E-state index contributed by atoms with van der Waals surface area (Å²) < 4.78 is 19.7. The van der Waals surface area contributed by atoms with Crippen molar-refractivity contribution in [1.29, 1.82) is 0 Å². The van der Waals surface area contributed by atoms with Crippen LogP contribution in [0.4, 0.5) is 0 Å². The van der Waals surface area contributed by atoms with E-state index in [-0.39, 0.29) is 13.2 Å². The van der Waals surface area contributed by atoms with Gasteiger partial charge in [0, 0.05) is 41.2 Å². The molecule has 1 fully saturated rings. The summed E-state index contributed by atoms with van der Waals surface area (Å²) in [6.45, 7) is 5.68. The number of fused-ring (bicyclic) bond motifs is 2. The Kier molecular flexibility index (Phi) is 9.45. The molecule has 6 rings (SSSR count). The molecule has 2 atom stereocenters. The van der Waals surface area contributed by atoms with Crippen LogP contribution in [0.2, 0.25) is 5.02 Å². The number of carbonyl (C=O) groups is 1. The number of ether oxygens (including phenoxy) is 3. The molecule has 9 heteroatoms. The lowest BCUT2D eigenvalue weighted by atomic mass is 9.75. The van der Waals surface area contributed by atoms with Gasteiger partial charge in [-0.1, -0.05) is 54.1 Å². The number of aliphatic hydroxyl groups excluding tert-OH is 1. The predicted octanol–water partition coefficient (Wildman–Crippen LogP) is 7.41. The van der Waals surface area contributed by atoms with Crippen molar-refractivity contribution in [3.63, 3.8) is 0 Å².